The number of hydrogen-bond acceptors (Lipinski definition) is 4. The zero-order chi connectivity index (χ0) is 14.3. The lowest BCUT2D eigenvalue weighted by atomic mass is 10.1. The third-order valence-electron chi connectivity index (χ3n) is 2.46. The predicted molar refractivity (Wildman–Crippen MR) is 68.7 cm³/mol. The van der Waals surface area contributed by atoms with E-state index in [0.717, 1.165) is 6.42 Å². The second-order valence-corrected chi connectivity index (χ2v) is 4.02. The van der Waals surface area contributed by atoms with E-state index in [4.69, 9.17) is 4.74 Å². The van der Waals surface area contributed by atoms with Crippen molar-refractivity contribution in [3.05, 3.63) is 29.8 Å². The van der Waals surface area contributed by atoms with Crippen LogP contribution >= 0.6 is 0 Å². The number of benzene rings is 1. The first-order chi connectivity index (χ1) is 9.10. The Balaban J connectivity index is 2.75. The van der Waals surface area contributed by atoms with Crippen molar-refractivity contribution in [1.82, 2.24) is 0 Å². The normalized spacial score (nSPS) is 13.7. The van der Waals surface area contributed by atoms with Crippen LogP contribution in [0.15, 0.2) is 24.3 Å². The Morgan fingerprint density at radius 1 is 1.42 bits per heavy atom. The summed E-state index contributed by atoms with van der Waals surface area (Å²) in [5.74, 6) is -0.524. The van der Waals surface area contributed by atoms with Crippen molar-refractivity contribution in [2.45, 2.75) is 32.5 Å². The zero-order valence-corrected chi connectivity index (χ0v) is 11.1. The summed E-state index contributed by atoms with van der Waals surface area (Å²) in [4.78, 5) is 11.2. The summed E-state index contributed by atoms with van der Waals surface area (Å²) in [6.07, 6.45) is -2.80. The van der Waals surface area contributed by atoms with Gasteiger partial charge in [0, 0.05) is 0 Å². The Morgan fingerprint density at radius 3 is 2.79 bits per heavy atom. The Kier molecular flexibility index (Phi) is 6.29. The molecule has 0 saturated carbocycles. The van der Waals surface area contributed by atoms with Crippen LogP contribution in [-0.2, 0) is 9.53 Å². The topological polar surface area (TPSA) is 55.8 Å². The number of aliphatic hydroxyl groups excluding tert-OH is 1. The highest BCUT2D eigenvalue weighted by Crippen LogP contribution is 2.24. The van der Waals surface area contributed by atoms with Crippen LogP contribution in [0.3, 0.4) is 0 Å². The van der Waals surface area contributed by atoms with Crippen LogP contribution in [-0.4, -0.2) is 30.5 Å². The van der Waals surface area contributed by atoms with Crippen LogP contribution in [0.1, 0.15) is 31.9 Å². The van der Waals surface area contributed by atoms with Gasteiger partial charge in [-0.2, -0.15) is 0 Å². The fraction of sp³-hybridized carbons (Fsp3) is 0.500. The molecule has 5 heteroatoms. The summed E-state index contributed by atoms with van der Waals surface area (Å²) in [6, 6.07) is 6.41. The SMILES string of the molecule is CCCOc1cccc(C(O)C(F)C(=O)OCC)c1. The van der Waals surface area contributed by atoms with Gasteiger partial charge in [0.05, 0.1) is 13.2 Å². The Bertz CT molecular complexity index is 408. The Hall–Kier alpha value is -1.62. The van der Waals surface area contributed by atoms with Gasteiger partial charge in [-0.15, -0.1) is 0 Å². The van der Waals surface area contributed by atoms with E-state index in [1.807, 2.05) is 6.92 Å². The van der Waals surface area contributed by atoms with Crippen LogP contribution < -0.4 is 4.74 Å². The van der Waals surface area contributed by atoms with Gasteiger partial charge in [-0.3, -0.25) is 0 Å². The average molecular weight is 270 g/mol. The van der Waals surface area contributed by atoms with E-state index in [2.05, 4.69) is 4.74 Å². The molecule has 0 amide bonds. The number of alkyl halides is 1. The zero-order valence-electron chi connectivity index (χ0n) is 11.1. The maximum atomic E-state index is 13.7. The van der Waals surface area contributed by atoms with Crippen molar-refractivity contribution >= 4 is 5.97 Å². The molecule has 0 spiro atoms. The molecule has 0 heterocycles. The van der Waals surface area contributed by atoms with Crippen LogP contribution in [0.4, 0.5) is 4.39 Å². The number of rotatable bonds is 7. The number of halogens is 1. The first-order valence-electron chi connectivity index (χ1n) is 6.31. The maximum absolute atomic E-state index is 13.7. The lowest BCUT2D eigenvalue weighted by Gasteiger charge is -2.15. The Morgan fingerprint density at radius 2 is 2.16 bits per heavy atom. The molecule has 2 atom stereocenters. The molecule has 0 aromatic heterocycles. The molecule has 1 aromatic carbocycles. The van der Waals surface area contributed by atoms with Crippen molar-refractivity contribution < 1.29 is 23.8 Å². The molecule has 1 rings (SSSR count). The van der Waals surface area contributed by atoms with Gasteiger partial charge in [-0.25, -0.2) is 9.18 Å². The van der Waals surface area contributed by atoms with Crippen molar-refractivity contribution in [3.63, 3.8) is 0 Å². The minimum Gasteiger partial charge on any atom is -0.494 e. The molecule has 1 aromatic rings. The minimum atomic E-state index is -2.10. The molecular weight excluding hydrogens is 251 g/mol. The van der Waals surface area contributed by atoms with E-state index in [1.165, 1.54) is 12.1 Å². The quantitative estimate of drug-likeness (QED) is 0.773. The molecule has 0 saturated heterocycles. The lowest BCUT2D eigenvalue weighted by molar-refractivity contribution is -0.153. The number of carbonyl (C=O) groups excluding carboxylic acids is 1. The standard InChI is InChI=1S/C14H19FO4/c1-3-8-19-11-7-5-6-10(9-11)13(16)12(15)14(17)18-4-2/h5-7,9,12-13,16H,3-4,8H2,1-2H3. The van der Waals surface area contributed by atoms with E-state index >= 15 is 0 Å². The van der Waals surface area contributed by atoms with E-state index in [0.29, 0.717) is 12.4 Å². The number of hydrogen-bond donors (Lipinski definition) is 1. The van der Waals surface area contributed by atoms with Gasteiger partial charge >= 0.3 is 5.97 Å². The van der Waals surface area contributed by atoms with Gasteiger partial charge < -0.3 is 14.6 Å². The molecule has 2 unspecified atom stereocenters. The Labute approximate surface area is 112 Å². The second-order valence-electron chi connectivity index (χ2n) is 4.02. The molecule has 0 aliphatic rings. The summed E-state index contributed by atoms with van der Waals surface area (Å²) in [5.41, 5.74) is 0.286. The smallest absolute Gasteiger partial charge is 0.343 e. The number of carbonyl (C=O) groups is 1. The predicted octanol–water partition coefficient (Wildman–Crippen LogP) is 2.41. The van der Waals surface area contributed by atoms with Crippen LogP contribution in [0.2, 0.25) is 0 Å². The van der Waals surface area contributed by atoms with E-state index < -0.39 is 18.2 Å². The number of aliphatic hydroxyl groups is 1. The fourth-order valence-corrected chi connectivity index (χ4v) is 1.53. The molecule has 106 valence electrons. The highest BCUT2D eigenvalue weighted by Gasteiger charge is 2.29. The van der Waals surface area contributed by atoms with Crippen LogP contribution in [0, 0.1) is 0 Å². The average Bonchev–Trinajstić information content (AvgIpc) is 2.44. The molecule has 0 fully saturated rings. The first kappa shape index (κ1) is 15.4. The van der Waals surface area contributed by atoms with E-state index in [-0.39, 0.29) is 12.2 Å². The van der Waals surface area contributed by atoms with E-state index in [1.54, 1.807) is 19.1 Å². The summed E-state index contributed by atoms with van der Waals surface area (Å²) in [5, 5.41) is 9.80. The van der Waals surface area contributed by atoms with E-state index in [9.17, 15) is 14.3 Å². The van der Waals surface area contributed by atoms with Crippen LogP contribution in [0.5, 0.6) is 5.75 Å². The highest BCUT2D eigenvalue weighted by atomic mass is 19.1. The van der Waals surface area contributed by atoms with Gasteiger partial charge in [0.15, 0.2) is 0 Å². The van der Waals surface area contributed by atoms with Crippen molar-refractivity contribution in [1.29, 1.82) is 0 Å². The highest BCUT2D eigenvalue weighted by molar-refractivity contribution is 5.75. The van der Waals surface area contributed by atoms with Gasteiger partial charge in [-0.05, 0) is 31.0 Å². The molecule has 0 aliphatic heterocycles. The van der Waals surface area contributed by atoms with Crippen molar-refractivity contribution in [2.75, 3.05) is 13.2 Å². The third-order valence-corrected chi connectivity index (χ3v) is 2.46. The lowest BCUT2D eigenvalue weighted by Crippen LogP contribution is -2.26. The van der Waals surface area contributed by atoms with Gasteiger partial charge in [0.25, 0.3) is 0 Å². The fourth-order valence-electron chi connectivity index (χ4n) is 1.53. The molecular formula is C14H19FO4. The monoisotopic (exact) mass is 270 g/mol. The first-order valence-corrected chi connectivity index (χ1v) is 6.31. The number of esters is 1. The molecule has 1 N–H and O–H groups in total. The van der Waals surface area contributed by atoms with Crippen molar-refractivity contribution in [2.24, 2.45) is 0 Å². The van der Waals surface area contributed by atoms with Gasteiger partial charge in [0.2, 0.25) is 6.17 Å². The summed E-state index contributed by atoms with van der Waals surface area (Å²) in [7, 11) is 0. The molecule has 19 heavy (non-hydrogen) atoms. The van der Waals surface area contributed by atoms with Crippen LogP contribution in [0.25, 0.3) is 0 Å². The second kappa shape index (κ2) is 7.74. The van der Waals surface area contributed by atoms with Crippen molar-refractivity contribution in [3.8, 4) is 5.75 Å². The summed E-state index contributed by atoms with van der Waals surface area (Å²) >= 11 is 0. The minimum absolute atomic E-state index is 0.0750. The molecule has 0 bridgehead atoms. The number of ether oxygens (including phenoxy) is 2. The largest absolute Gasteiger partial charge is 0.494 e. The molecule has 0 aliphatic carbocycles. The summed E-state index contributed by atoms with van der Waals surface area (Å²) in [6.45, 7) is 4.16. The molecule has 4 nitrogen and oxygen atoms in total. The van der Waals surface area contributed by atoms with Gasteiger partial charge in [0.1, 0.15) is 11.9 Å². The van der Waals surface area contributed by atoms with Gasteiger partial charge in [-0.1, -0.05) is 19.1 Å². The maximum Gasteiger partial charge on any atom is 0.343 e. The molecule has 0 radical (unpaired) electrons. The third kappa shape index (κ3) is 4.52. The summed E-state index contributed by atoms with van der Waals surface area (Å²) < 4.78 is 23.6.